The van der Waals surface area contributed by atoms with Crippen molar-refractivity contribution in [3.8, 4) is 16.9 Å². The third-order valence-corrected chi connectivity index (χ3v) is 4.50. The normalized spacial score (nSPS) is 11.1. The number of hydrogen-bond acceptors (Lipinski definition) is 2. The van der Waals surface area contributed by atoms with E-state index in [2.05, 4.69) is 0 Å². The number of carbonyl (C=O) groups is 1. The number of nitrogens with zero attached hydrogens (tertiary/aromatic N) is 2. The summed E-state index contributed by atoms with van der Waals surface area (Å²) >= 11 is 0. The van der Waals surface area contributed by atoms with Gasteiger partial charge in [-0.3, -0.25) is 9.36 Å². The summed E-state index contributed by atoms with van der Waals surface area (Å²) in [7, 11) is 0. The standard InChI is InChI=1S/C24H17FN2O2/c25-20-14-11-18(12-15-20)13-16-23(28)27-22(19-7-3-1-4-8-19)17-26(24(27)29)21-9-5-2-6-10-21/h1-17H/b16-13+. The average molecular weight is 384 g/mol. The molecule has 4 aromatic rings. The molecule has 0 fully saturated rings. The molecule has 0 spiro atoms. The Hall–Kier alpha value is -3.99. The van der Waals surface area contributed by atoms with Crippen molar-refractivity contribution in [2.24, 2.45) is 0 Å². The number of benzene rings is 3. The van der Waals surface area contributed by atoms with Gasteiger partial charge < -0.3 is 0 Å². The minimum absolute atomic E-state index is 0.351. The van der Waals surface area contributed by atoms with E-state index < -0.39 is 11.6 Å². The number of rotatable bonds is 4. The van der Waals surface area contributed by atoms with Gasteiger partial charge in [0, 0.05) is 17.8 Å². The van der Waals surface area contributed by atoms with E-state index in [4.69, 9.17) is 0 Å². The lowest BCUT2D eigenvalue weighted by Gasteiger charge is -2.03. The summed E-state index contributed by atoms with van der Waals surface area (Å²) in [6.45, 7) is 0. The molecule has 1 aromatic heterocycles. The van der Waals surface area contributed by atoms with Crippen LogP contribution < -0.4 is 5.69 Å². The fourth-order valence-corrected chi connectivity index (χ4v) is 3.06. The molecule has 0 radical (unpaired) electrons. The summed E-state index contributed by atoms with van der Waals surface area (Å²) in [5.41, 5.74) is 2.13. The molecule has 0 aliphatic rings. The Morgan fingerprint density at radius 1 is 0.828 bits per heavy atom. The van der Waals surface area contributed by atoms with Crippen molar-refractivity contribution in [2.75, 3.05) is 0 Å². The van der Waals surface area contributed by atoms with Crippen LogP contribution in [-0.2, 0) is 0 Å². The first kappa shape index (κ1) is 18.4. The van der Waals surface area contributed by atoms with Gasteiger partial charge in [0.1, 0.15) is 5.82 Å². The second kappa shape index (κ2) is 7.94. The maximum atomic E-state index is 13.1. The van der Waals surface area contributed by atoms with E-state index in [1.807, 2.05) is 48.5 Å². The molecule has 0 N–H and O–H groups in total. The molecule has 0 saturated carbocycles. The average Bonchev–Trinajstić information content (AvgIpc) is 3.11. The lowest BCUT2D eigenvalue weighted by atomic mass is 10.1. The molecule has 142 valence electrons. The SMILES string of the molecule is O=C(/C=C/c1ccc(F)cc1)n1c(-c2ccccc2)cn(-c2ccccc2)c1=O. The molecule has 4 rings (SSSR count). The Morgan fingerprint density at radius 2 is 1.45 bits per heavy atom. The molecule has 0 aliphatic carbocycles. The predicted octanol–water partition coefficient (Wildman–Crippen LogP) is 4.80. The zero-order valence-corrected chi connectivity index (χ0v) is 15.4. The fraction of sp³-hybridized carbons (Fsp3) is 0. The van der Waals surface area contributed by atoms with E-state index in [-0.39, 0.29) is 5.82 Å². The van der Waals surface area contributed by atoms with Gasteiger partial charge in [-0.15, -0.1) is 0 Å². The summed E-state index contributed by atoms with van der Waals surface area (Å²) in [6, 6.07) is 24.2. The zero-order valence-electron chi connectivity index (χ0n) is 15.4. The third-order valence-electron chi connectivity index (χ3n) is 4.50. The largest absolute Gasteiger partial charge is 0.340 e. The van der Waals surface area contributed by atoms with Crippen LogP contribution in [0.1, 0.15) is 10.4 Å². The molecular formula is C24H17FN2O2. The van der Waals surface area contributed by atoms with Crippen LogP contribution in [0.3, 0.4) is 0 Å². The van der Waals surface area contributed by atoms with Crippen molar-refractivity contribution >= 4 is 12.0 Å². The number of aromatic nitrogens is 2. The van der Waals surface area contributed by atoms with Crippen molar-refractivity contribution in [3.63, 3.8) is 0 Å². The molecule has 0 amide bonds. The van der Waals surface area contributed by atoms with Crippen LogP contribution in [0.25, 0.3) is 23.0 Å². The van der Waals surface area contributed by atoms with E-state index in [9.17, 15) is 14.0 Å². The summed E-state index contributed by atoms with van der Waals surface area (Å²) in [5, 5.41) is 0. The summed E-state index contributed by atoms with van der Waals surface area (Å²) in [6.07, 6.45) is 4.54. The molecule has 0 atom stereocenters. The van der Waals surface area contributed by atoms with Crippen molar-refractivity contribution in [2.45, 2.75) is 0 Å². The van der Waals surface area contributed by atoms with E-state index in [0.717, 1.165) is 10.1 Å². The highest BCUT2D eigenvalue weighted by Crippen LogP contribution is 2.20. The summed E-state index contributed by atoms with van der Waals surface area (Å²) in [5.74, 6) is -0.830. The zero-order chi connectivity index (χ0) is 20.2. The highest BCUT2D eigenvalue weighted by molar-refractivity contribution is 5.96. The number of halogens is 1. The third kappa shape index (κ3) is 3.84. The Balaban J connectivity index is 1.80. The number of imidazole rings is 1. The highest BCUT2D eigenvalue weighted by Gasteiger charge is 2.18. The van der Waals surface area contributed by atoms with E-state index in [1.54, 1.807) is 36.5 Å². The van der Waals surface area contributed by atoms with Gasteiger partial charge in [0.25, 0.3) is 5.91 Å². The van der Waals surface area contributed by atoms with Crippen LogP contribution >= 0.6 is 0 Å². The molecule has 4 nitrogen and oxygen atoms in total. The van der Waals surface area contributed by atoms with Crippen molar-refractivity contribution in [1.82, 2.24) is 9.13 Å². The molecule has 0 unspecified atom stereocenters. The van der Waals surface area contributed by atoms with Gasteiger partial charge in [0.2, 0.25) is 0 Å². The smallest absolute Gasteiger partial charge is 0.269 e. The van der Waals surface area contributed by atoms with Crippen LogP contribution in [0.2, 0.25) is 0 Å². The number of para-hydroxylation sites is 1. The first-order valence-corrected chi connectivity index (χ1v) is 9.07. The highest BCUT2D eigenvalue weighted by atomic mass is 19.1. The lowest BCUT2D eigenvalue weighted by Crippen LogP contribution is -2.27. The first-order valence-electron chi connectivity index (χ1n) is 9.07. The van der Waals surface area contributed by atoms with Gasteiger partial charge in [0.05, 0.1) is 11.4 Å². The van der Waals surface area contributed by atoms with Gasteiger partial charge in [0.15, 0.2) is 0 Å². The van der Waals surface area contributed by atoms with Crippen molar-refractivity contribution in [1.29, 1.82) is 0 Å². The minimum Gasteiger partial charge on any atom is -0.269 e. The maximum Gasteiger partial charge on any atom is 0.340 e. The Labute approximate surface area is 166 Å². The van der Waals surface area contributed by atoms with Gasteiger partial charge in [-0.25, -0.2) is 13.8 Å². The lowest BCUT2D eigenvalue weighted by molar-refractivity contribution is 0.0967. The van der Waals surface area contributed by atoms with Crippen LogP contribution in [0.15, 0.2) is 102 Å². The second-order valence-electron chi connectivity index (χ2n) is 6.43. The Morgan fingerprint density at radius 3 is 2.10 bits per heavy atom. The molecule has 29 heavy (non-hydrogen) atoms. The molecule has 0 saturated heterocycles. The van der Waals surface area contributed by atoms with Crippen LogP contribution in [0.5, 0.6) is 0 Å². The van der Waals surface area contributed by atoms with Crippen molar-refractivity contribution < 1.29 is 9.18 Å². The molecular weight excluding hydrogens is 367 g/mol. The number of carbonyl (C=O) groups excluding carboxylic acids is 1. The van der Waals surface area contributed by atoms with E-state index in [1.165, 1.54) is 22.8 Å². The minimum atomic E-state index is -0.479. The van der Waals surface area contributed by atoms with Crippen molar-refractivity contribution in [3.05, 3.63) is 119 Å². The Kier molecular flexibility index (Phi) is 5.03. The molecule has 0 bridgehead atoms. The van der Waals surface area contributed by atoms with Gasteiger partial charge >= 0.3 is 5.69 Å². The van der Waals surface area contributed by atoms with Gasteiger partial charge in [-0.1, -0.05) is 60.7 Å². The summed E-state index contributed by atoms with van der Waals surface area (Å²) in [4.78, 5) is 26.0. The molecule has 3 aromatic carbocycles. The molecule has 5 heteroatoms. The second-order valence-corrected chi connectivity index (χ2v) is 6.43. The van der Waals surface area contributed by atoms with Gasteiger partial charge in [-0.05, 0) is 35.9 Å². The molecule has 0 aliphatic heterocycles. The summed E-state index contributed by atoms with van der Waals surface area (Å²) < 4.78 is 15.7. The molecule has 1 heterocycles. The topological polar surface area (TPSA) is 44.0 Å². The number of hydrogen-bond donors (Lipinski definition) is 0. The quantitative estimate of drug-likeness (QED) is 0.475. The van der Waals surface area contributed by atoms with Crippen LogP contribution in [-0.4, -0.2) is 15.0 Å². The van der Waals surface area contributed by atoms with Gasteiger partial charge in [-0.2, -0.15) is 0 Å². The first-order chi connectivity index (χ1) is 14.1. The maximum absolute atomic E-state index is 13.1. The number of allylic oxidation sites excluding steroid dienone is 1. The predicted molar refractivity (Wildman–Crippen MR) is 112 cm³/mol. The van der Waals surface area contributed by atoms with E-state index in [0.29, 0.717) is 16.9 Å². The van der Waals surface area contributed by atoms with E-state index >= 15 is 0 Å². The Bertz CT molecular complexity index is 1220. The van der Waals surface area contributed by atoms with Crippen LogP contribution in [0.4, 0.5) is 4.39 Å². The monoisotopic (exact) mass is 384 g/mol. The fourth-order valence-electron chi connectivity index (χ4n) is 3.06. The van der Waals surface area contributed by atoms with Crippen LogP contribution in [0, 0.1) is 5.82 Å².